The van der Waals surface area contributed by atoms with E-state index in [1.807, 2.05) is 6.92 Å². The van der Waals surface area contributed by atoms with E-state index >= 15 is 0 Å². The highest BCUT2D eigenvalue weighted by Crippen LogP contribution is 2.32. The van der Waals surface area contributed by atoms with Crippen molar-refractivity contribution in [3.63, 3.8) is 0 Å². The summed E-state index contributed by atoms with van der Waals surface area (Å²) in [6.07, 6.45) is 1.48. The van der Waals surface area contributed by atoms with Gasteiger partial charge < -0.3 is 29.1 Å². The van der Waals surface area contributed by atoms with Crippen LogP contribution < -0.4 is 19.1 Å². The average Bonchev–Trinajstić information content (AvgIpc) is 2.89. The molecule has 0 spiro atoms. The van der Waals surface area contributed by atoms with Crippen LogP contribution in [-0.2, 0) is 0 Å². The van der Waals surface area contributed by atoms with Gasteiger partial charge in [-0.1, -0.05) is 17.7 Å². The number of aliphatic hydroxyl groups excluding tert-OH is 1. The lowest BCUT2D eigenvalue weighted by Crippen LogP contribution is -2.56. The van der Waals surface area contributed by atoms with Crippen molar-refractivity contribution in [1.29, 1.82) is 0 Å². The number of hydrogen-bond acceptors (Lipinski definition) is 7. The molecule has 1 aliphatic heterocycles. The number of carbonyl (C=O) groups excluding carboxylic acids is 1. The van der Waals surface area contributed by atoms with E-state index < -0.39 is 0 Å². The molecule has 3 aromatic rings. The molecule has 1 amide bonds. The van der Waals surface area contributed by atoms with Crippen molar-refractivity contribution < 1.29 is 24.1 Å². The van der Waals surface area contributed by atoms with Crippen molar-refractivity contribution in [1.82, 2.24) is 9.88 Å². The number of amides is 1. The molecule has 2 aromatic carbocycles. The van der Waals surface area contributed by atoms with Gasteiger partial charge in [0.2, 0.25) is 0 Å². The Hall–Kier alpha value is -3.78. The molecule has 1 aliphatic rings. The third-order valence-electron chi connectivity index (χ3n) is 5.91. The van der Waals surface area contributed by atoms with Gasteiger partial charge in [-0.25, -0.2) is 4.98 Å². The summed E-state index contributed by atoms with van der Waals surface area (Å²) in [6, 6.07) is 16.6. The summed E-state index contributed by atoms with van der Waals surface area (Å²) in [4.78, 5) is 21.5. The van der Waals surface area contributed by atoms with E-state index in [1.165, 1.54) is 18.9 Å². The number of nitrogens with zero attached hydrogens (tertiary/aromatic N) is 3. The Morgan fingerprint density at radius 2 is 1.71 bits per heavy atom. The molecule has 1 saturated heterocycles. The van der Waals surface area contributed by atoms with Crippen molar-refractivity contribution in [3.8, 4) is 23.0 Å². The van der Waals surface area contributed by atoms with Crippen LogP contribution in [-0.4, -0.2) is 67.4 Å². The van der Waals surface area contributed by atoms with Crippen LogP contribution in [0.25, 0.3) is 0 Å². The second-order valence-electron chi connectivity index (χ2n) is 8.11. The molecular formula is C26H29N3O5. The van der Waals surface area contributed by atoms with Gasteiger partial charge in [0.1, 0.15) is 17.2 Å². The Morgan fingerprint density at radius 1 is 1.00 bits per heavy atom. The molecule has 8 nitrogen and oxygen atoms in total. The number of rotatable bonds is 7. The summed E-state index contributed by atoms with van der Waals surface area (Å²) in [7, 11) is 3.11. The number of pyridine rings is 1. The summed E-state index contributed by atoms with van der Waals surface area (Å²) in [5.74, 6) is 1.85. The normalized spacial score (nSPS) is 15.7. The topological polar surface area (TPSA) is 84.4 Å². The number of carbonyl (C=O) groups is 1. The fraction of sp³-hybridized carbons (Fsp3) is 0.308. The number of anilines is 1. The predicted octanol–water partition coefficient (Wildman–Crippen LogP) is 3.52. The van der Waals surface area contributed by atoms with Crippen LogP contribution in [0.1, 0.15) is 16.1 Å². The van der Waals surface area contributed by atoms with Gasteiger partial charge in [0.15, 0.2) is 11.5 Å². The Labute approximate surface area is 199 Å². The molecule has 1 aromatic heterocycles. The van der Waals surface area contributed by atoms with Crippen LogP contribution in [0.2, 0.25) is 0 Å². The van der Waals surface area contributed by atoms with Crippen LogP contribution in [0.5, 0.6) is 23.0 Å². The number of aryl methyl sites for hydroxylation is 1. The number of ether oxygens (including phenoxy) is 3. The summed E-state index contributed by atoms with van der Waals surface area (Å²) in [6.45, 7) is 3.60. The zero-order valence-electron chi connectivity index (χ0n) is 19.6. The van der Waals surface area contributed by atoms with Gasteiger partial charge in [-0.3, -0.25) is 4.79 Å². The lowest BCUT2D eigenvalue weighted by atomic mass is 10.1. The Balaban J connectivity index is 1.48. The maximum atomic E-state index is 13.3. The highest BCUT2D eigenvalue weighted by Gasteiger charge is 2.32. The standard InChI is InChI=1S/C26H29N3O5/c1-18-4-6-19(7-5-18)28-12-13-29(20(16-28)17-30)26(31)23-14-24(33-3)25(15-27-23)34-22-10-8-21(32-2)9-11-22/h4-11,14-15,20,30H,12-13,16-17H2,1-3H3/t20-/m1/s1. The van der Waals surface area contributed by atoms with Crippen LogP contribution in [0.15, 0.2) is 60.8 Å². The molecule has 1 fully saturated rings. The van der Waals surface area contributed by atoms with Gasteiger partial charge in [0.05, 0.1) is 33.1 Å². The number of benzene rings is 2. The van der Waals surface area contributed by atoms with Crippen molar-refractivity contribution in [2.75, 3.05) is 45.4 Å². The monoisotopic (exact) mass is 463 g/mol. The zero-order valence-corrected chi connectivity index (χ0v) is 19.6. The van der Waals surface area contributed by atoms with E-state index in [2.05, 4.69) is 34.1 Å². The number of hydrogen-bond donors (Lipinski definition) is 1. The van der Waals surface area contributed by atoms with Crippen molar-refractivity contribution in [2.24, 2.45) is 0 Å². The van der Waals surface area contributed by atoms with Crippen LogP contribution in [0, 0.1) is 6.92 Å². The van der Waals surface area contributed by atoms with E-state index in [1.54, 1.807) is 42.3 Å². The van der Waals surface area contributed by atoms with Crippen molar-refractivity contribution in [2.45, 2.75) is 13.0 Å². The molecule has 4 rings (SSSR count). The van der Waals surface area contributed by atoms with E-state index in [-0.39, 0.29) is 24.2 Å². The smallest absolute Gasteiger partial charge is 0.273 e. The molecule has 8 heteroatoms. The maximum Gasteiger partial charge on any atom is 0.273 e. The molecule has 1 atom stereocenters. The first-order valence-corrected chi connectivity index (χ1v) is 11.1. The van der Waals surface area contributed by atoms with Gasteiger partial charge in [-0.2, -0.15) is 0 Å². The van der Waals surface area contributed by atoms with Crippen LogP contribution >= 0.6 is 0 Å². The third kappa shape index (κ3) is 5.07. The fourth-order valence-corrected chi connectivity index (χ4v) is 3.96. The molecule has 0 unspecified atom stereocenters. The molecule has 0 radical (unpaired) electrons. The van der Waals surface area contributed by atoms with Gasteiger partial charge in [0.25, 0.3) is 5.91 Å². The third-order valence-corrected chi connectivity index (χ3v) is 5.91. The van der Waals surface area contributed by atoms with Crippen LogP contribution in [0.4, 0.5) is 5.69 Å². The molecule has 34 heavy (non-hydrogen) atoms. The first-order chi connectivity index (χ1) is 16.5. The van der Waals surface area contributed by atoms with Crippen LogP contribution in [0.3, 0.4) is 0 Å². The number of aromatic nitrogens is 1. The Morgan fingerprint density at radius 3 is 2.35 bits per heavy atom. The van der Waals surface area contributed by atoms with Gasteiger partial charge >= 0.3 is 0 Å². The van der Waals surface area contributed by atoms with E-state index in [4.69, 9.17) is 14.2 Å². The summed E-state index contributed by atoms with van der Waals surface area (Å²) >= 11 is 0. The van der Waals surface area contributed by atoms with Gasteiger partial charge in [-0.05, 0) is 43.3 Å². The summed E-state index contributed by atoms with van der Waals surface area (Å²) in [5.41, 5.74) is 2.51. The molecule has 0 saturated carbocycles. The van der Waals surface area contributed by atoms with Gasteiger partial charge in [0, 0.05) is 31.4 Å². The molecule has 0 bridgehead atoms. The second kappa shape index (κ2) is 10.4. The minimum absolute atomic E-state index is 0.135. The zero-order chi connectivity index (χ0) is 24.1. The average molecular weight is 464 g/mol. The first-order valence-electron chi connectivity index (χ1n) is 11.1. The Bertz CT molecular complexity index is 1120. The number of methoxy groups -OCH3 is 2. The molecule has 2 heterocycles. The second-order valence-corrected chi connectivity index (χ2v) is 8.11. The van der Waals surface area contributed by atoms with E-state index in [9.17, 15) is 9.90 Å². The SMILES string of the molecule is COc1ccc(Oc2cnc(C(=O)N3CCN(c4ccc(C)cc4)C[C@@H]3CO)cc2OC)cc1. The lowest BCUT2D eigenvalue weighted by molar-refractivity contribution is 0.0559. The Kier molecular flexibility index (Phi) is 7.18. The maximum absolute atomic E-state index is 13.3. The van der Waals surface area contributed by atoms with E-state index in [0.717, 1.165) is 11.4 Å². The quantitative estimate of drug-likeness (QED) is 0.574. The van der Waals surface area contributed by atoms with Crippen molar-refractivity contribution in [3.05, 3.63) is 72.1 Å². The number of aliphatic hydroxyl groups is 1. The highest BCUT2D eigenvalue weighted by molar-refractivity contribution is 5.93. The largest absolute Gasteiger partial charge is 0.497 e. The molecular weight excluding hydrogens is 434 g/mol. The predicted molar refractivity (Wildman–Crippen MR) is 129 cm³/mol. The molecule has 1 N–H and O–H groups in total. The minimum Gasteiger partial charge on any atom is -0.497 e. The summed E-state index contributed by atoms with van der Waals surface area (Å²) in [5, 5.41) is 10.0. The van der Waals surface area contributed by atoms with E-state index in [0.29, 0.717) is 36.9 Å². The molecule has 0 aliphatic carbocycles. The number of piperazine rings is 1. The van der Waals surface area contributed by atoms with Gasteiger partial charge in [-0.15, -0.1) is 0 Å². The fourth-order valence-electron chi connectivity index (χ4n) is 3.96. The highest BCUT2D eigenvalue weighted by atomic mass is 16.5. The molecule has 178 valence electrons. The lowest BCUT2D eigenvalue weighted by Gasteiger charge is -2.41. The van der Waals surface area contributed by atoms with Crippen molar-refractivity contribution >= 4 is 11.6 Å². The first kappa shape index (κ1) is 23.4. The summed E-state index contributed by atoms with van der Waals surface area (Å²) < 4.78 is 16.5. The minimum atomic E-state index is -0.342.